The van der Waals surface area contributed by atoms with Gasteiger partial charge in [0.05, 0.1) is 6.04 Å². The van der Waals surface area contributed by atoms with E-state index >= 15 is 0 Å². The van der Waals surface area contributed by atoms with E-state index in [0.29, 0.717) is 18.9 Å². The zero-order valence-electron chi connectivity index (χ0n) is 22.2. The molecule has 0 fully saturated rings. The highest BCUT2D eigenvalue weighted by atomic mass is 16.5. The highest BCUT2D eigenvalue weighted by molar-refractivity contribution is 5.69. The van der Waals surface area contributed by atoms with Gasteiger partial charge in [0.15, 0.2) is 0 Å². The van der Waals surface area contributed by atoms with Gasteiger partial charge >= 0.3 is 5.97 Å². The van der Waals surface area contributed by atoms with Crippen LogP contribution in [-0.4, -0.2) is 11.1 Å². The predicted molar refractivity (Wildman–Crippen MR) is 148 cm³/mol. The maximum absolute atomic E-state index is 11.3. The van der Waals surface area contributed by atoms with Crippen LogP contribution in [0.2, 0.25) is 0 Å². The summed E-state index contributed by atoms with van der Waals surface area (Å²) in [6.07, 6.45) is 1.48. The number of carboxylic acids is 1. The fourth-order valence-corrected chi connectivity index (χ4v) is 4.58. The van der Waals surface area contributed by atoms with Crippen LogP contribution < -0.4 is 10.1 Å². The number of nitrogens with one attached hydrogen (secondary N) is 1. The summed E-state index contributed by atoms with van der Waals surface area (Å²) in [5.41, 5.74) is 8.55. The molecular formula is C32H39NO3. The zero-order valence-corrected chi connectivity index (χ0v) is 22.2. The van der Waals surface area contributed by atoms with E-state index in [1.54, 1.807) is 0 Å². The van der Waals surface area contributed by atoms with E-state index in [4.69, 9.17) is 4.74 Å². The van der Waals surface area contributed by atoms with Gasteiger partial charge in [0, 0.05) is 17.7 Å². The maximum atomic E-state index is 11.3. The highest BCUT2D eigenvalue weighted by Gasteiger charge is 2.18. The van der Waals surface area contributed by atoms with Crippen LogP contribution in [0.1, 0.15) is 71.7 Å². The Hall–Kier alpha value is -3.53. The van der Waals surface area contributed by atoms with E-state index in [-0.39, 0.29) is 12.5 Å². The molecule has 2 N–H and O–H groups in total. The van der Waals surface area contributed by atoms with Gasteiger partial charge in [-0.2, -0.15) is 0 Å². The average molecular weight is 486 g/mol. The van der Waals surface area contributed by atoms with Gasteiger partial charge in [0.2, 0.25) is 0 Å². The van der Waals surface area contributed by atoms with Gasteiger partial charge in [-0.1, -0.05) is 80.1 Å². The molecule has 0 aliphatic heterocycles. The van der Waals surface area contributed by atoms with Crippen LogP contribution in [0.4, 0.5) is 0 Å². The summed E-state index contributed by atoms with van der Waals surface area (Å²) in [5.74, 6) is 0.550. The second-order valence-electron chi connectivity index (χ2n) is 10.2. The van der Waals surface area contributed by atoms with Crippen molar-refractivity contribution in [1.82, 2.24) is 5.32 Å². The molecule has 0 amide bonds. The number of hydrogen-bond acceptors (Lipinski definition) is 3. The van der Waals surface area contributed by atoms with E-state index in [2.05, 4.69) is 63.9 Å². The first-order valence-corrected chi connectivity index (χ1v) is 12.7. The first-order chi connectivity index (χ1) is 17.1. The van der Waals surface area contributed by atoms with Crippen molar-refractivity contribution in [2.75, 3.05) is 0 Å². The molecular weight excluding hydrogens is 446 g/mol. The van der Waals surface area contributed by atoms with Crippen LogP contribution in [0.5, 0.6) is 5.75 Å². The quantitative estimate of drug-likeness (QED) is 0.278. The minimum Gasteiger partial charge on any atom is -0.489 e. The Bertz CT molecular complexity index is 1190. The molecule has 0 spiro atoms. The van der Waals surface area contributed by atoms with Crippen molar-refractivity contribution < 1.29 is 14.6 Å². The molecule has 1 atom stereocenters. The molecule has 190 valence electrons. The fraction of sp³-hybridized carbons (Fsp3) is 0.344. The summed E-state index contributed by atoms with van der Waals surface area (Å²) in [5, 5.41) is 13.0. The number of carboxylic acid groups (broad SMARTS) is 1. The number of aryl methyl sites for hydroxylation is 4. The van der Waals surface area contributed by atoms with Gasteiger partial charge in [-0.15, -0.1) is 0 Å². The molecule has 1 unspecified atom stereocenters. The number of hydrogen-bond donors (Lipinski definition) is 2. The van der Waals surface area contributed by atoms with Crippen molar-refractivity contribution in [3.05, 3.63) is 106 Å². The minimum atomic E-state index is -0.806. The molecule has 4 nitrogen and oxygen atoms in total. The summed E-state index contributed by atoms with van der Waals surface area (Å²) in [7, 11) is 0. The minimum absolute atomic E-state index is 0.0752. The molecule has 0 radical (unpaired) electrons. The second-order valence-corrected chi connectivity index (χ2v) is 10.2. The number of carbonyl (C=O) groups is 1. The smallest absolute Gasteiger partial charge is 0.303 e. The Morgan fingerprint density at radius 2 is 1.69 bits per heavy atom. The topological polar surface area (TPSA) is 58.6 Å². The number of para-hydroxylation sites is 1. The molecule has 0 heterocycles. The number of aliphatic carboxylic acids is 1. The molecule has 3 rings (SSSR count). The van der Waals surface area contributed by atoms with Crippen molar-refractivity contribution in [2.24, 2.45) is 5.92 Å². The van der Waals surface area contributed by atoms with Crippen LogP contribution in [0.25, 0.3) is 5.70 Å². The predicted octanol–water partition coefficient (Wildman–Crippen LogP) is 7.56. The first kappa shape index (κ1) is 27.1. The monoisotopic (exact) mass is 485 g/mol. The molecule has 0 aromatic heterocycles. The van der Waals surface area contributed by atoms with Crippen LogP contribution in [0.3, 0.4) is 0 Å². The van der Waals surface area contributed by atoms with Crippen LogP contribution >= 0.6 is 0 Å². The SMILES string of the molecule is C=C(NC(CC(C)C)c1cc(C)cc(C)c1)c1cc(COc2ccccc2C)ccc1CCC(=O)O. The largest absolute Gasteiger partial charge is 0.489 e. The normalized spacial score (nSPS) is 11.8. The van der Waals surface area contributed by atoms with Crippen molar-refractivity contribution in [3.63, 3.8) is 0 Å². The highest BCUT2D eigenvalue weighted by Crippen LogP contribution is 2.29. The van der Waals surface area contributed by atoms with Crippen molar-refractivity contribution >= 4 is 11.7 Å². The van der Waals surface area contributed by atoms with E-state index < -0.39 is 5.97 Å². The molecule has 0 aliphatic rings. The van der Waals surface area contributed by atoms with E-state index in [9.17, 15) is 9.90 Å². The summed E-state index contributed by atoms with van der Waals surface area (Å²) in [6, 6.07) is 20.8. The third-order valence-electron chi connectivity index (χ3n) is 6.30. The Kier molecular flexibility index (Phi) is 9.35. The third kappa shape index (κ3) is 7.74. The molecule has 4 heteroatoms. The van der Waals surface area contributed by atoms with Gasteiger partial charge < -0.3 is 15.2 Å². The summed E-state index contributed by atoms with van der Waals surface area (Å²) >= 11 is 0. The van der Waals surface area contributed by atoms with E-state index in [1.807, 2.05) is 43.3 Å². The fourth-order valence-electron chi connectivity index (χ4n) is 4.58. The van der Waals surface area contributed by atoms with E-state index in [1.165, 1.54) is 16.7 Å². The molecule has 36 heavy (non-hydrogen) atoms. The van der Waals surface area contributed by atoms with Gasteiger partial charge in [-0.25, -0.2) is 0 Å². The molecule has 0 saturated carbocycles. The third-order valence-corrected chi connectivity index (χ3v) is 6.30. The lowest BCUT2D eigenvalue weighted by Gasteiger charge is -2.26. The van der Waals surface area contributed by atoms with Gasteiger partial charge in [0.25, 0.3) is 0 Å². The lowest BCUT2D eigenvalue weighted by Crippen LogP contribution is -2.22. The summed E-state index contributed by atoms with van der Waals surface area (Å²) < 4.78 is 6.08. The van der Waals surface area contributed by atoms with Crippen LogP contribution in [0.15, 0.2) is 67.2 Å². The average Bonchev–Trinajstić information content (AvgIpc) is 2.81. The van der Waals surface area contributed by atoms with Crippen LogP contribution in [-0.2, 0) is 17.8 Å². The first-order valence-electron chi connectivity index (χ1n) is 12.7. The Morgan fingerprint density at radius 3 is 2.33 bits per heavy atom. The van der Waals surface area contributed by atoms with E-state index in [0.717, 1.165) is 40.1 Å². The maximum Gasteiger partial charge on any atom is 0.303 e. The Balaban J connectivity index is 1.89. The Labute approximate surface area is 216 Å². The van der Waals surface area contributed by atoms with Gasteiger partial charge in [0.1, 0.15) is 12.4 Å². The number of ether oxygens (including phenoxy) is 1. The lowest BCUT2D eigenvalue weighted by molar-refractivity contribution is -0.136. The standard InChI is InChI=1S/C32H39NO3/c1-21(2)15-30(28-17-22(3)16-23(4)18-28)33-25(6)29-19-26(11-12-27(29)13-14-32(34)35)20-36-31-10-8-7-9-24(31)5/h7-12,16-19,21,30,33H,6,13-15,20H2,1-5H3,(H,34,35). The van der Waals surface area contributed by atoms with Crippen LogP contribution in [0, 0.1) is 26.7 Å². The molecule has 0 bridgehead atoms. The molecule has 3 aromatic rings. The Morgan fingerprint density at radius 1 is 1.00 bits per heavy atom. The summed E-state index contributed by atoms with van der Waals surface area (Å²) in [6.45, 7) is 15.6. The molecule has 0 saturated heterocycles. The van der Waals surface area contributed by atoms with Gasteiger partial charge in [-0.3, -0.25) is 4.79 Å². The lowest BCUT2D eigenvalue weighted by atomic mass is 9.93. The second kappa shape index (κ2) is 12.4. The molecule has 3 aromatic carbocycles. The van der Waals surface area contributed by atoms with Gasteiger partial charge in [-0.05, 0) is 73.9 Å². The number of rotatable bonds is 12. The summed E-state index contributed by atoms with van der Waals surface area (Å²) in [4.78, 5) is 11.3. The number of benzene rings is 3. The van der Waals surface area contributed by atoms with Crippen molar-refractivity contribution in [3.8, 4) is 5.75 Å². The van der Waals surface area contributed by atoms with Crippen molar-refractivity contribution in [2.45, 2.75) is 66.5 Å². The zero-order chi connectivity index (χ0) is 26.2. The molecule has 0 aliphatic carbocycles. The van der Waals surface area contributed by atoms with Crippen molar-refractivity contribution in [1.29, 1.82) is 0 Å².